The standard InChI is InChI=1S/C23H26N4O3S/c1-29-14-19-24-21(20-17(15-31-22(20)25-19)16-6-3-2-4-7-16)26-9-11-27(12-10-26)23(28)18-8-5-13-30-18/h2-4,6-7,15,18H,5,8-14H2,1H3. The van der Waals surface area contributed by atoms with Crippen molar-refractivity contribution in [1.29, 1.82) is 0 Å². The van der Waals surface area contributed by atoms with Crippen molar-refractivity contribution < 1.29 is 14.3 Å². The minimum atomic E-state index is -0.257. The molecule has 1 unspecified atom stereocenters. The highest BCUT2D eigenvalue weighted by Gasteiger charge is 2.31. The highest BCUT2D eigenvalue weighted by atomic mass is 32.1. The first-order valence-electron chi connectivity index (χ1n) is 10.7. The van der Waals surface area contributed by atoms with E-state index in [-0.39, 0.29) is 12.0 Å². The normalized spacial score (nSPS) is 19.3. The quantitative estimate of drug-likeness (QED) is 0.609. The molecule has 0 bridgehead atoms. The Morgan fingerprint density at radius 3 is 2.71 bits per heavy atom. The zero-order valence-electron chi connectivity index (χ0n) is 17.6. The molecule has 3 aromatic rings. The van der Waals surface area contributed by atoms with Crippen LogP contribution < -0.4 is 4.90 Å². The van der Waals surface area contributed by atoms with E-state index in [2.05, 4.69) is 22.4 Å². The zero-order chi connectivity index (χ0) is 21.2. The van der Waals surface area contributed by atoms with Gasteiger partial charge >= 0.3 is 0 Å². The fourth-order valence-electron chi connectivity index (χ4n) is 4.33. The van der Waals surface area contributed by atoms with Crippen LogP contribution in [0.1, 0.15) is 18.7 Å². The topological polar surface area (TPSA) is 67.8 Å². The minimum absolute atomic E-state index is 0.130. The molecular weight excluding hydrogens is 412 g/mol. The van der Waals surface area contributed by atoms with E-state index in [0.717, 1.165) is 53.1 Å². The van der Waals surface area contributed by atoms with Gasteiger partial charge in [-0.2, -0.15) is 0 Å². The first kappa shape index (κ1) is 20.4. The number of fused-ring (bicyclic) bond motifs is 1. The largest absolute Gasteiger partial charge is 0.377 e. The number of methoxy groups -OCH3 is 1. The van der Waals surface area contributed by atoms with Gasteiger partial charge in [0.2, 0.25) is 0 Å². The lowest BCUT2D eigenvalue weighted by atomic mass is 10.1. The molecule has 0 saturated carbocycles. The van der Waals surface area contributed by atoms with Crippen molar-refractivity contribution >= 4 is 33.3 Å². The Hall–Kier alpha value is -2.55. The predicted molar refractivity (Wildman–Crippen MR) is 121 cm³/mol. The van der Waals surface area contributed by atoms with Gasteiger partial charge in [0.1, 0.15) is 23.4 Å². The Morgan fingerprint density at radius 2 is 2.00 bits per heavy atom. The Bertz CT molecular complexity index is 1060. The smallest absolute Gasteiger partial charge is 0.251 e. The van der Waals surface area contributed by atoms with Crippen LogP contribution in [0.3, 0.4) is 0 Å². The molecule has 8 heteroatoms. The van der Waals surface area contributed by atoms with Crippen LogP contribution in [0.2, 0.25) is 0 Å². The van der Waals surface area contributed by atoms with Crippen molar-refractivity contribution in [2.24, 2.45) is 0 Å². The molecule has 2 saturated heterocycles. The van der Waals surface area contributed by atoms with Crippen molar-refractivity contribution in [3.05, 3.63) is 41.5 Å². The van der Waals surface area contributed by atoms with Gasteiger partial charge in [0, 0.05) is 50.8 Å². The van der Waals surface area contributed by atoms with Crippen LogP contribution in [0.25, 0.3) is 21.3 Å². The number of piperazine rings is 1. The van der Waals surface area contributed by atoms with Gasteiger partial charge in [-0.25, -0.2) is 9.97 Å². The molecule has 162 valence electrons. The van der Waals surface area contributed by atoms with Crippen molar-refractivity contribution in [1.82, 2.24) is 14.9 Å². The van der Waals surface area contributed by atoms with Gasteiger partial charge < -0.3 is 19.3 Å². The van der Waals surface area contributed by atoms with E-state index < -0.39 is 0 Å². The number of aromatic nitrogens is 2. The van der Waals surface area contributed by atoms with E-state index in [9.17, 15) is 4.79 Å². The Labute approximate surface area is 185 Å². The zero-order valence-corrected chi connectivity index (χ0v) is 18.4. The molecule has 0 spiro atoms. The number of hydrogen-bond acceptors (Lipinski definition) is 7. The van der Waals surface area contributed by atoms with Gasteiger partial charge in [0.25, 0.3) is 5.91 Å². The monoisotopic (exact) mass is 438 g/mol. The highest BCUT2D eigenvalue weighted by Crippen LogP contribution is 2.38. The SMILES string of the molecule is COCc1nc(N2CCN(C(=O)C3CCCO3)CC2)c2c(-c3ccccc3)csc2n1. The molecule has 4 heterocycles. The van der Waals surface area contributed by atoms with Crippen LogP contribution in [-0.2, 0) is 20.9 Å². The highest BCUT2D eigenvalue weighted by molar-refractivity contribution is 7.17. The maximum absolute atomic E-state index is 12.7. The van der Waals surface area contributed by atoms with Crippen LogP contribution in [-0.4, -0.2) is 66.8 Å². The average Bonchev–Trinajstić information content (AvgIpc) is 3.49. The summed E-state index contributed by atoms with van der Waals surface area (Å²) in [5, 5.41) is 3.24. The molecule has 1 aromatic carbocycles. The van der Waals surface area contributed by atoms with Gasteiger partial charge in [0.15, 0.2) is 5.82 Å². The molecule has 1 atom stereocenters. The lowest BCUT2D eigenvalue weighted by Gasteiger charge is -2.36. The molecule has 0 N–H and O–H groups in total. The third-order valence-corrected chi connectivity index (χ3v) is 6.79. The van der Waals surface area contributed by atoms with Gasteiger partial charge in [-0.05, 0) is 18.4 Å². The van der Waals surface area contributed by atoms with Crippen LogP contribution in [0, 0.1) is 0 Å². The van der Waals surface area contributed by atoms with Gasteiger partial charge in [-0.1, -0.05) is 30.3 Å². The van der Waals surface area contributed by atoms with Crippen LogP contribution in [0.4, 0.5) is 5.82 Å². The summed E-state index contributed by atoms with van der Waals surface area (Å²) >= 11 is 1.63. The molecule has 0 aliphatic carbocycles. The maximum atomic E-state index is 12.7. The summed E-state index contributed by atoms with van der Waals surface area (Å²) in [7, 11) is 1.66. The average molecular weight is 439 g/mol. The van der Waals surface area contributed by atoms with Crippen molar-refractivity contribution in [2.75, 3.05) is 44.8 Å². The summed E-state index contributed by atoms with van der Waals surface area (Å²) in [5.41, 5.74) is 2.31. The van der Waals surface area contributed by atoms with E-state index in [1.807, 2.05) is 23.1 Å². The summed E-state index contributed by atoms with van der Waals surface area (Å²) in [5.74, 6) is 1.75. The number of anilines is 1. The number of ether oxygens (including phenoxy) is 2. The fraction of sp³-hybridized carbons (Fsp3) is 0.435. The molecule has 2 fully saturated rings. The van der Waals surface area contributed by atoms with Crippen molar-refractivity contribution in [3.63, 3.8) is 0 Å². The van der Waals surface area contributed by atoms with Gasteiger partial charge in [-0.3, -0.25) is 4.79 Å². The van der Waals surface area contributed by atoms with E-state index in [0.29, 0.717) is 32.1 Å². The van der Waals surface area contributed by atoms with Gasteiger partial charge in [0.05, 0.1) is 5.39 Å². The minimum Gasteiger partial charge on any atom is -0.377 e. The number of hydrogen-bond donors (Lipinski definition) is 0. The molecule has 1 amide bonds. The van der Waals surface area contributed by atoms with E-state index >= 15 is 0 Å². The van der Waals surface area contributed by atoms with Crippen LogP contribution in [0.15, 0.2) is 35.7 Å². The summed E-state index contributed by atoms with van der Waals surface area (Å²) in [6.45, 7) is 3.89. The van der Waals surface area contributed by atoms with Gasteiger partial charge in [-0.15, -0.1) is 11.3 Å². The van der Waals surface area contributed by atoms with Crippen molar-refractivity contribution in [3.8, 4) is 11.1 Å². The number of carbonyl (C=O) groups excluding carboxylic acids is 1. The molecule has 7 nitrogen and oxygen atoms in total. The summed E-state index contributed by atoms with van der Waals surface area (Å²) in [4.78, 5) is 27.5. The Kier molecular flexibility index (Phi) is 5.85. The number of carbonyl (C=O) groups is 1. The molecule has 0 radical (unpaired) electrons. The number of rotatable bonds is 5. The first-order chi connectivity index (χ1) is 15.2. The lowest BCUT2D eigenvalue weighted by molar-refractivity contribution is -0.141. The number of benzene rings is 1. The Balaban J connectivity index is 1.45. The third kappa shape index (κ3) is 4.03. The summed E-state index contributed by atoms with van der Waals surface area (Å²) in [6.07, 6.45) is 1.55. The second-order valence-corrected chi connectivity index (χ2v) is 8.76. The molecule has 2 aromatic heterocycles. The van der Waals surface area contributed by atoms with Crippen molar-refractivity contribution in [2.45, 2.75) is 25.6 Å². The lowest BCUT2D eigenvalue weighted by Crippen LogP contribution is -2.51. The first-order valence-corrected chi connectivity index (χ1v) is 11.6. The fourth-order valence-corrected chi connectivity index (χ4v) is 5.29. The molecule has 2 aliphatic rings. The summed E-state index contributed by atoms with van der Waals surface area (Å²) in [6, 6.07) is 10.4. The Morgan fingerprint density at radius 1 is 1.19 bits per heavy atom. The summed E-state index contributed by atoms with van der Waals surface area (Å²) < 4.78 is 10.9. The number of thiophene rings is 1. The van der Waals surface area contributed by atoms with E-state index in [4.69, 9.17) is 19.4 Å². The second kappa shape index (κ2) is 8.90. The number of nitrogens with zero attached hydrogens (tertiary/aromatic N) is 4. The molecule has 2 aliphatic heterocycles. The number of amides is 1. The van der Waals surface area contributed by atoms with E-state index in [1.165, 1.54) is 0 Å². The molecule has 31 heavy (non-hydrogen) atoms. The van der Waals surface area contributed by atoms with E-state index in [1.54, 1.807) is 18.4 Å². The molecular formula is C23H26N4O3S. The maximum Gasteiger partial charge on any atom is 0.251 e. The second-order valence-electron chi connectivity index (χ2n) is 7.91. The van der Waals surface area contributed by atoms with Crippen LogP contribution in [0.5, 0.6) is 0 Å². The third-order valence-electron chi connectivity index (χ3n) is 5.92. The predicted octanol–water partition coefficient (Wildman–Crippen LogP) is 3.33. The molecule has 5 rings (SSSR count). The van der Waals surface area contributed by atoms with Crippen LogP contribution >= 0.6 is 11.3 Å².